The molecule has 6 heteroatoms. The standard InChI is InChI=1S/C15H23N3O3/c1-9(2)12(8-19-3)18-11-7-14(21-5)13(20-4)6-10(11)17-15(18)16/h6-7,9,12H,8H2,1-5H3,(H2,16,17). The zero-order valence-electron chi connectivity index (χ0n) is 13.2. The van der Waals surface area contributed by atoms with Gasteiger partial charge in [0.25, 0.3) is 0 Å². The number of fused-ring (bicyclic) bond motifs is 1. The van der Waals surface area contributed by atoms with Crippen molar-refractivity contribution < 1.29 is 14.2 Å². The van der Waals surface area contributed by atoms with Crippen molar-refractivity contribution in [2.24, 2.45) is 5.92 Å². The van der Waals surface area contributed by atoms with Crippen LogP contribution in [0.2, 0.25) is 0 Å². The second-order valence-electron chi connectivity index (χ2n) is 5.30. The minimum atomic E-state index is 0.109. The van der Waals surface area contributed by atoms with Crippen molar-refractivity contribution in [2.45, 2.75) is 19.9 Å². The van der Waals surface area contributed by atoms with Gasteiger partial charge in [-0.3, -0.25) is 0 Å². The highest BCUT2D eigenvalue weighted by molar-refractivity contribution is 5.82. The van der Waals surface area contributed by atoms with Crippen LogP contribution in [-0.4, -0.2) is 37.5 Å². The second kappa shape index (κ2) is 6.22. The molecule has 1 heterocycles. The number of nitrogens with zero attached hydrogens (tertiary/aromatic N) is 2. The first-order chi connectivity index (χ1) is 10.0. The smallest absolute Gasteiger partial charge is 0.201 e. The quantitative estimate of drug-likeness (QED) is 0.886. The van der Waals surface area contributed by atoms with Crippen molar-refractivity contribution in [1.82, 2.24) is 9.55 Å². The number of anilines is 1. The van der Waals surface area contributed by atoms with E-state index in [2.05, 4.69) is 18.8 Å². The number of rotatable bonds is 6. The third-order valence-corrected chi connectivity index (χ3v) is 3.66. The lowest BCUT2D eigenvalue weighted by atomic mass is 10.0. The fourth-order valence-electron chi connectivity index (χ4n) is 2.53. The maximum absolute atomic E-state index is 6.12. The van der Waals surface area contributed by atoms with Gasteiger partial charge in [-0.2, -0.15) is 0 Å². The van der Waals surface area contributed by atoms with Crippen LogP contribution in [0, 0.1) is 5.92 Å². The molecule has 1 aromatic carbocycles. The van der Waals surface area contributed by atoms with Crippen molar-refractivity contribution in [1.29, 1.82) is 0 Å². The molecule has 0 aliphatic heterocycles. The predicted octanol–water partition coefficient (Wildman–Crippen LogP) is 2.48. The minimum Gasteiger partial charge on any atom is -0.493 e. The number of hydrogen-bond donors (Lipinski definition) is 1. The van der Waals surface area contributed by atoms with Gasteiger partial charge in [-0.05, 0) is 5.92 Å². The Kier molecular flexibility index (Phi) is 4.57. The van der Waals surface area contributed by atoms with E-state index in [1.165, 1.54) is 0 Å². The summed E-state index contributed by atoms with van der Waals surface area (Å²) in [4.78, 5) is 4.43. The molecule has 0 radical (unpaired) electrons. The number of methoxy groups -OCH3 is 3. The van der Waals surface area contributed by atoms with Gasteiger partial charge in [0.1, 0.15) is 0 Å². The normalized spacial score (nSPS) is 12.9. The molecule has 2 rings (SSSR count). The van der Waals surface area contributed by atoms with Crippen LogP contribution in [0.4, 0.5) is 5.95 Å². The maximum Gasteiger partial charge on any atom is 0.201 e. The predicted molar refractivity (Wildman–Crippen MR) is 83.0 cm³/mol. The van der Waals surface area contributed by atoms with E-state index >= 15 is 0 Å². The van der Waals surface area contributed by atoms with Crippen molar-refractivity contribution in [2.75, 3.05) is 33.7 Å². The van der Waals surface area contributed by atoms with Gasteiger partial charge < -0.3 is 24.5 Å². The summed E-state index contributed by atoms with van der Waals surface area (Å²) in [6, 6.07) is 3.85. The Labute approximate surface area is 124 Å². The summed E-state index contributed by atoms with van der Waals surface area (Å²) in [5, 5.41) is 0. The molecule has 2 N–H and O–H groups in total. The fraction of sp³-hybridized carbons (Fsp3) is 0.533. The van der Waals surface area contributed by atoms with Crippen LogP contribution in [0.1, 0.15) is 19.9 Å². The van der Waals surface area contributed by atoms with Crippen LogP contribution in [0.5, 0.6) is 11.5 Å². The van der Waals surface area contributed by atoms with Crippen LogP contribution in [0.25, 0.3) is 11.0 Å². The SMILES string of the molecule is COCC(C(C)C)n1c(N)nc2cc(OC)c(OC)cc21. The third kappa shape index (κ3) is 2.76. The van der Waals surface area contributed by atoms with Crippen LogP contribution >= 0.6 is 0 Å². The molecule has 0 fully saturated rings. The summed E-state index contributed by atoms with van der Waals surface area (Å²) >= 11 is 0. The number of nitrogen functional groups attached to an aromatic ring is 1. The maximum atomic E-state index is 6.12. The van der Waals surface area contributed by atoms with Crippen LogP contribution in [-0.2, 0) is 4.74 Å². The van der Waals surface area contributed by atoms with Crippen molar-refractivity contribution >= 4 is 17.0 Å². The van der Waals surface area contributed by atoms with Gasteiger partial charge in [-0.1, -0.05) is 13.8 Å². The molecule has 0 spiro atoms. The number of ether oxygens (including phenoxy) is 3. The van der Waals surface area contributed by atoms with E-state index in [-0.39, 0.29) is 6.04 Å². The molecule has 0 aliphatic carbocycles. The van der Waals surface area contributed by atoms with Gasteiger partial charge in [0.2, 0.25) is 5.95 Å². The second-order valence-corrected chi connectivity index (χ2v) is 5.30. The number of nitrogens with two attached hydrogens (primary N) is 1. The first kappa shape index (κ1) is 15.4. The number of imidazole rings is 1. The average molecular weight is 293 g/mol. The molecular formula is C15H23N3O3. The molecule has 2 aromatic rings. The lowest BCUT2D eigenvalue weighted by Crippen LogP contribution is -2.21. The Balaban J connectivity index is 2.65. The minimum absolute atomic E-state index is 0.109. The molecule has 0 bridgehead atoms. The molecule has 1 unspecified atom stereocenters. The van der Waals surface area contributed by atoms with E-state index < -0.39 is 0 Å². The van der Waals surface area contributed by atoms with E-state index in [0.717, 1.165) is 11.0 Å². The highest BCUT2D eigenvalue weighted by Crippen LogP contribution is 2.35. The summed E-state index contributed by atoms with van der Waals surface area (Å²) in [6.07, 6.45) is 0. The first-order valence-electron chi connectivity index (χ1n) is 6.91. The molecule has 0 aliphatic rings. The average Bonchev–Trinajstić information content (AvgIpc) is 2.77. The summed E-state index contributed by atoms with van der Waals surface area (Å²) in [6.45, 7) is 4.84. The Morgan fingerprint density at radius 1 is 1.14 bits per heavy atom. The zero-order valence-corrected chi connectivity index (χ0v) is 13.2. The Morgan fingerprint density at radius 2 is 1.76 bits per heavy atom. The van der Waals surface area contributed by atoms with Crippen molar-refractivity contribution in [3.63, 3.8) is 0 Å². The molecule has 0 saturated carbocycles. The van der Waals surface area contributed by atoms with E-state index in [4.69, 9.17) is 19.9 Å². The monoisotopic (exact) mass is 293 g/mol. The van der Waals surface area contributed by atoms with Gasteiger partial charge in [0, 0.05) is 19.2 Å². The molecule has 116 valence electrons. The van der Waals surface area contributed by atoms with E-state index in [1.54, 1.807) is 21.3 Å². The third-order valence-electron chi connectivity index (χ3n) is 3.66. The summed E-state index contributed by atoms with van der Waals surface area (Å²) in [7, 11) is 4.91. The Bertz CT molecular complexity index is 622. The van der Waals surface area contributed by atoms with Crippen LogP contribution in [0.15, 0.2) is 12.1 Å². The lowest BCUT2D eigenvalue weighted by Gasteiger charge is -2.23. The van der Waals surface area contributed by atoms with E-state index in [9.17, 15) is 0 Å². The van der Waals surface area contributed by atoms with Gasteiger partial charge >= 0.3 is 0 Å². The number of hydrogen-bond acceptors (Lipinski definition) is 5. The molecular weight excluding hydrogens is 270 g/mol. The topological polar surface area (TPSA) is 71.5 Å². The summed E-state index contributed by atoms with van der Waals surface area (Å²) < 4.78 is 18.0. The van der Waals surface area contributed by atoms with Crippen LogP contribution in [0.3, 0.4) is 0 Å². The van der Waals surface area contributed by atoms with Gasteiger partial charge in [0.15, 0.2) is 11.5 Å². The van der Waals surface area contributed by atoms with Gasteiger partial charge in [-0.15, -0.1) is 0 Å². The Hall–Kier alpha value is -1.95. The van der Waals surface area contributed by atoms with Gasteiger partial charge in [-0.25, -0.2) is 4.98 Å². The molecule has 0 amide bonds. The van der Waals surface area contributed by atoms with Crippen molar-refractivity contribution in [3.8, 4) is 11.5 Å². The number of benzene rings is 1. The highest BCUT2D eigenvalue weighted by atomic mass is 16.5. The summed E-state index contributed by atoms with van der Waals surface area (Å²) in [5.41, 5.74) is 7.82. The van der Waals surface area contributed by atoms with E-state index in [0.29, 0.717) is 30.0 Å². The molecule has 21 heavy (non-hydrogen) atoms. The van der Waals surface area contributed by atoms with Crippen LogP contribution < -0.4 is 15.2 Å². The fourth-order valence-corrected chi connectivity index (χ4v) is 2.53. The molecule has 1 atom stereocenters. The lowest BCUT2D eigenvalue weighted by molar-refractivity contribution is 0.136. The number of aromatic nitrogens is 2. The highest BCUT2D eigenvalue weighted by Gasteiger charge is 2.22. The van der Waals surface area contributed by atoms with E-state index in [1.807, 2.05) is 16.7 Å². The molecule has 0 saturated heterocycles. The van der Waals surface area contributed by atoms with Crippen molar-refractivity contribution in [3.05, 3.63) is 12.1 Å². The first-order valence-corrected chi connectivity index (χ1v) is 6.91. The Morgan fingerprint density at radius 3 is 2.29 bits per heavy atom. The summed E-state index contributed by atoms with van der Waals surface area (Å²) in [5.74, 6) is 2.13. The van der Waals surface area contributed by atoms with Gasteiger partial charge in [0.05, 0.1) is 37.9 Å². The largest absolute Gasteiger partial charge is 0.493 e. The zero-order chi connectivity index (χ0) is 15.6. The molecule has 1 aromatic heterocycles. The molecule has 6 nitrogen and oxygen atoms in total.